The molecule has 0 bridgehead atoms. The van der Waals surface area contributed by atoms with Crippen molar-refractivity contribution in [2.75, 3.05) is 25.9 Å². The van der Waals surface area contributed by atoms with Crippen molar-refractivity contribution in [1.82, 2.24) is 4.90 Å². The molecule has 0 radical (unpaired) electrons. The zero-order chi connectivity index (χ0) is 10.9. The van der Waals surface area contributed by atoms with E-state index in [9.17, 15) is 4.39 Å². The molecule has 0 unspecified atom stereocenters. The second kappa shape index (κ2) is 3.81. The maximum Gasteiger partial charge on any atom is 0.140 e. The molecule has 0 spiro atoms. The average molecular weight is 208 g/mol. The molecule has 2 N–H and O–H groups in total. The van der Waals surface area contributed by atoms with Gasteiger partial charge in [-0.2, -0.15) is 0 Å². The second-order valence-electron chi connectivity index (χ2n) is 4.36. The molecule has 0 saturated carbocycles. The third-order valence-electron chi connectivity index (χ3n) is 3.22. The van der Waals surface area contributed by atoms with Gasteiger partial charge >= 0.3 is 0 Å². The summed E-state index contributed by atoms with van der Waals surface area (Å²) in [5.74, 6) is 0. The molecule has 1 aromatic carbocycles. The van der Waals surface area contributed by atoms with Crippen LogP contribution in [0.2, 0.25) is 0 Å². The molecule has 0 amide bonds. The van der Waals surface area contributed by atoms with Gasteiger partial charge in [-0.05, 0) is 26.0 Å². The highest BCUT2D eigenvalue weighted by Crippen LogP contribution is 2.39. The Bertz CT molecular complexity index is 343. The van der Waals surface area contributed by atoms with Crippen LogP contribution in [0.4, 0.5) is 10.1 Å². The fraction of sp³-hybridized carbons (Fsp3) is 0.500. The van der Waals surface area contributed by atoms with Crippen molar-refractivity contribution < 1.29 is 4.39 Å². The molecule has 2 nitrogen and oxygen atoms in total. The van der Waals surface area contributed by atoms with Crippen LogP contribution in [0.1, 0.15) is 18.4 Å². The number of hydrogen-bond donors (Lipinski definition) is 1. The van der Waals surface area contributed by atoms with Gasteiger partial charge in [-0.3, -0.25) is 0 Å². The standard InChI is InChI=1S/C12H17FN2/c1-15-8-6-12(13,7-9-15)10-4-2-3-5-11(10)14/h2-5H,6-9,14H2,1H3. The van der Waals surface area contributed by atoms with Crippen LogP contribution in [-0.2, 0) is 5.67 Å². The lowest BCUT2D eigenvalue weighted by Crippen LogP contribution is -2.38. The zero-order valence-corrected chi connectivity index (χ0v) is 9.04. The smallest absolute Gasteiger partial charge is 0.140 e. The Morgan fingerprint density at radius 2 is 1.87 bits per heavy atom. The molecule has 1 aliphatic heterocycles. The molecule has 82 valence electrons. The maximum absolute atomic E-state index is 14.6. The number of likely N-dealkylation sites (tertiary alicyclic amines) is 1. The number of benzene rings is 1. The fourth-order valence-corrected chi connectivity index (χ4v) is 2.15. The number of halogens is 1. The number of alkyl halides is 1. The lowest BCUT2D eigenvalue weighted by molar-refractivity contribution is 0.0680. The summed E-state index contributed by atoms with van der Waals surface area (Å²) >= 11 is 0. The molecule has 15 heavy (non-hydrogen) atoms. The van der Waals surface area contributed by atoms with Crippen molar-refractivity contribution in [2.24, 2.45) is 0 Å². The van der Waals surface area contributed by atoms with Gasteiger partial charge in [0.05, 0.1) is 0 Å². The molecular weight excluding hydrogens is 191 g/mol. The van der Waals surface area contributed by atoms with Crippen molar-refractivity contribution in [3.8, 4) is 0 Å². The van der Waals surface area contributed by atoms with Crippen molar-refractivity contribution in [3.05, 3.63) is 29.8 Å². The summed E-state index contributed by atoms with van der Waals surface area (Å²) in [5.41, 5.74) is 5.83. The molecule has 1 aromatic rings. The van der Waals surface area contributed by atoms with E-state index in [2.05, 4.69) is 4.90 Å². The van der Waals surface area contributed by atoms with Crippen LogP contribution >= 0.6 is 0 Å². The predicted octanol–water partition coefficient (Wildman–Crippen LogP) is 2.16. The van der Waals surface area contributed by atoms with Gasteiger partial charge in [-0.1, -0.05) is 18.2 Å². The largest absolute Gasteiger partial charge is 0.398 e. The van der Waals surface area contributed by atoms with Crippen LogP contribution in [0, 0.1) is 0 Å². The van der Waals surface area contributed by atoms with E-state index in [0.717, 1.165) is 13.1 Å². The highest BCUT2D eigenvalue weighted by molar-refractivity contribution is 5.49. The van der Waals surface area contributed by atoms with Gasteiger partial charge in [0.25, 0.3) is 0 Å². The van der Waals surface area contributed by atoms with E-state index in [-0.39, 0.29) is 0 Å². The first-order chi connectivity index (χ1) is 7.12. The number of nitrogen functional groups attached to an aromatic ring is 1. The third-order valence-corrected chi connectivity index (χ3v) is 3.22. The van der Waals surface area contributed by atoms with Crippen molar-refractivity contribution in [2.45, 2.75) is 18.5 Å². The summed E-state index contributed by atoms with van der Waals surface area (Å²) in [6.07, 6.45) is 1.08. The Morgan fingerprint density at radius 3 is 2.47 bits per heavy atom. The van der Waals surface area contributed by atoms with E-state index in [4.69, 9.17) is 5.73 Å². The van der Waals surface area contributed by atoms with Gasteiger partial charge < -0.3 is 10.6 Å². The van der Waals surface area contributed by atoms with Crippen molar-refractivity contribution in [1.29, 1.82) is 0 Å². The molecule has 1 saturated heterocycles. The number of hydrogen-bond acceptors (Lipinski definition) is 2. The van der Waals surface area contributed by atoms with E-state index >= 15 is 0 Å². The Balaban J connectivity index is 2.26. The Hall–Kier alpha value is -1.09. The monoisotopic (exact) mass is 208 g/mol. The number of piperidine rings is 1. The minimum Gasteiger partial charge on any atom is -0.398 e. The Kier molecular flexibility index (Phi) is 2.65. The van der Waals surface area contributed by atoms with Gasteiger partial charge in [0.2, 0.25) is 0 Å². The molecule has 0 atom stereocenters. The van der Waals surface area contributed by atoms with E-state index in [1.54, 1.807) is 12.1 Å². The van der Waals surface area contributed by atoms with Gasteiger partial charge in [0, 0.05) is 24.3 Å². The molecule has 1 aliphatic rings. The number of anilines is 1. The summed E-state index contributed by atoms with van der Waals surface area (Å²) < 4.78 is 14.6. The summed E-state index contributed by atoms with van der Waals surface area (Å²) in [6, 6.07) is 7.28. The first kappa shape index (κ1) is 10.4. The number of rotatable bonds is 1. The molecule has 1 heterocycles. The van der Waals surface area contributed by atoms with Crippen LogP contribution in [0.25, 0.3) is 0 Å². The molecule has 3 heteroatoms. The van der Waals surface area contributed by atoms with E-state index in [1.807, 2.05) is 19.2 Å². The van der Waals surface area contributed by atoms with Crippen molar-refractivity contribution >= 4 is 5.69 Å². The van der Waals surface area contributed by atoms with E-state index < -0.39 is 5.67 Å². The summed E-state index contributed by atoms with van der Waals surface area (Å²) in [4.78, 5) is 2.15. The van der Waals surface area contributed by atoms with Crippen LogP contribution in [-0.4, -0.2) is 25.0 Å². The first-order valence-electron chi connectivity index (χ1n) is 5.34. The highest BCUT2D eigenvalue weighted by Gasteiger charge is 2.36. The predicted molar refractivity (Wildman–Crippen MR) is 60.4 cm³/mol. The number of nitrogens with zero attached hydrogens (tertiary/aromatic N) is 1. The van der Waals surface area contributed by atoms with Gasteiger partial charge in [0.1, 0.15) is 5.67 Å². The van der Waals surface area contributed by atoms with Gasteiger partial charge in [-0.15, -0.1) is 0 Å². The average Bonchev–Trinajstić information content (AvgIpc) is 2.23. The lowest BCUT2D eigenvalue weighted by Gasteiger charge is -2.35. The minimum atomic E-state index is -1.22. The van der Waals surface area contributed by atoms with Crippen LogP contribution < -0.4 is 5.73 Å². The normalized spacial score (nSPS) is 21.5. The minimum absolute atomic E-state index is 0.539. The summed E-state index contributed by atoms with van der Waals surface area (Å²) in [5, 5.41) is 0. The second-order valence-corrected chi connectivity index (χ2v) is 4.36. The Morgan fingerprint density at radius 1 is 1.27 bits per heavy atom. The van der Waals surface area contributed by atoms with E-state index in [0.29, 0.717) is 24.1 Å². The maximum atomic E-state index is 14.6. The SMILES string of the molecule is CN1CCC(F)(c2ccccc2N)CC1. The van der Waals surface area contributed by atoms with Gasteiger partial charge in [0.15, 0.2) is 0 Å². The zero-order valence-electron chi connectivity index (χ0n) is 9.04. The van der Waals surface area contributed by atoms with E-state index in [1.165, 1.54) is 0 Å². The molecule has 1 fully saturated rings. The number of nitrogens with two attached hydrogens (primary N) is 1. The molecule has 2 rings (SSSR count). The van der Waals surface area contributed by atoms with Crippen LogP contribution in [0.15, 0.2) is 24.3 Å². The third kappa shape index (κ3) is 1.97. The molecule has 0 aromatic heterocycles. The van der Waals surface area contributed by atoms with Crippen LogP contribution in [0.5, 0.6) is 0 Å². The van der Waals surface area contributed by atoms with Crippen LogP contribution in [0.3, 0.4) is 0 Å². The Labute approximate surface area is 89.9 Å². The first-order valence-corrected chi connectivity index (χ1v) is 5.34. The highest BCUT2D eigenvalue weighted by atomic mass is 19.1. The summed E-state index contributed by atoms with van der Waals surface area (Å²) in [6.45, 7) is 1.59. The number of para-hydroxylation sites is 1. The van der Waals surface area contributed by atoms with Gasteiger partial charge in [-0.25, -0.2) is 4.39 Å². The summed E-state index contributed by atoms with van der Waals surface area (Å²) in [7, 11) is 2.02. The van der Waals surface area contributed by atoms with Crippen molar-refractivity contribution in [3.63, 3.8) is 0 Å². The topological polar surface area (TPSA) is 29.3 Å². The quantitative estimate of drug-likeness (QED) is 0.717. The molecule has 0 aliphatic carbocycles. The lowest BCUT2D eigenvalue weighted by atomic mass is 9.85. The fourth-order valence-electron chi connectivity index (χ4n) is 2.15. The molecular formula is C12H17FN2.